The molecule has 6 heteroatoms. The summed E-state index contributed by atoms with van der Waals surface area (Å²) in [5.74, 6) is 0.0517. The molecular formula is C14H19N3OS2. The molecule has 0 aliphatic heterocycles. The lowest BCUT2D eigenvalue weighted by atomic mass is 10.3. The van der Waals surface area contributed by atoms with Gasteiger partial charge in [0.2, 0.25) is 5.91 Å². The minimum atomic E-state index is 0.0517. The van der Waals surface area contributed by atoms with Crippen molar-refractivity contribution >= 4 is 28.6 Å². The van der Waals surface area contributed by atoms with E-state index in [-0.39, 0.29) is 11.9 Å². The van der Waals surface area contributed by atoms with E-state index < -0.39 is 0 Å². The third-order valence-electron chi connectivity index (χ3n) is 2.61. The van der Waals surface area contributed by atoms with Crippen LogP contribution in [0, 0.1) is 0 Å². The number of carbonyl (C=O) groups excluding carboxylic acids is 1. The normalized spacial score (nSPS) is 11.2. The van der Waals surface area contributed by atoms with E-state index in [1.54, 1.807) is 22.7 Å². The molecule has 1 N–H and O–H groups in total. The summed E-state index contributed by atoms with van der Waals surface area (Å²) in [4.78, 5) is 18.3. The van der Waals surface area contributed by atoms with E-state index in [1.807, 2.05) is 25.8 Å². The lowest BCUT2D eigenvalue weighted by Crippen LogP contribution is -2.38. The number of amides is 1. The molecule has 0 aliphatic carbocycles. The highest BCUT2D eigenvalue weighted by atomic mass is 32.1. The van der Waals surface area contributed by atoms with Gasteiger partial charge >= 0.3 is 0 Å². The Morgan fingerprint density at radius 3 is 2.90 bits per heavy atom. The smallest absolute Gasteiger partial charge is 0.234 e. The predicted octanol–water partition coefficient (Wildman–Crippen LogP) is 2.83. The van der Waals surface area contributed by atoms with Crippen molar-refractivity contribution in [3.8, 4) is 10.6 Å². The Balaban J connectivity index is 1.89. The summed E-state index contributed by atoms with van der Waals surface area (Å²) < 4.78 is 0. The molecular weight excluding hydrogens is 290 g/mol. The molecule has 2 aromatic heterocycles. The summed E-state index contributed by atoms with van der Waals surface area (Å²) >= 11 is 3.32. The summed E-state index contributed by atoms with van der Waals surface area (Å²) in [6.07, 6.45) is 0. The van der Waals surface area contributed by atoms with Crippen molar-refractivity contribution in [2.75, 3.05) is 13.6 Å². The molecule has 1 amide bonds. The third kappa shape index (κ3) is 4.40. The van der Waals surface area contributed by atoms with Gasteiger partial charge in [-0.1, -0.05) is 0 Å². The lowest BCUT2D eigenvalue weighted by molar-refractivity contribution is -0.122. The van der Waals surface area contributed by atoms with Crippen LogP contribution in [0.25, 0.3) is 10.6 Å². The Hall–Kier alpha value is -1.24. The largest absolute Gasteiger partial charge is 0.353 e. The molecule has 20 heavy (non-hydrogen) atoms. The maximum atomic E-state index is 11.7. The van der Waals surface area contributed by atoms with E-state index in [0.29, 0.717) is 13.1 Å². The van der Waals surface area contributed by atoms with Crippen LogP contribution in [0.3, 0.4) is 0 Å². The second-order valence-electron chi connectivity index (χ2n) is 5.05. The molecule has 0 bridgehead atoms. The second kappa shape index (κ2) is 6.97. The molecule has 2 heterocycles. The van der Waals surface area contributed by atoms with E-state index >= 15 is 0 Å². The van der Waals surface area contributed by atoms with E-state index in [0.717, 1.165) is 10.7 Å². The average Bonchev–Trinajstić information content (AvgIpc) is 2.96. The monoisotopic (exact) mass is 309 g/mol. The van der Waals surface area contributed by atoms with Gasteiger partial charge in [0.25, 0.3) is 0 Å². The fourth-order valence-electron chi connectivity index (χ4n) is 1.84. The van der Waals surface area contributed by atoms with Crippen molar-refractivity contribution in [3.63, 3.8) is 0 Å². The molecule has 4 nitrogen and oxygen atoms in total. The number of hydrogen-bond donors (Lipinski definition) is 1. The number of thiophene rings is 1. The zero-order chi connectivity index (χ0) is 14.5. The Bertz CT molecular complexity index is 549. The maximum absolute atomic E-state index is 11.7. The van der Waals surface area contributed by atoms with E-state index in [2.05, 4.69) is 32.5 Å². The Morgan fingerprint density at radius 2 is 2.25 bits per heavy atom. The first kappa shape index (κ1) is 15.2. The number of nitrogens with one attached hydrogen (secondary N) is 1. The average molecular weight is 309 g/mol. The molecule has 2 aromatic rings. The van der Waals surface area contributed by atoms with Gasteiger partial charge in [0.05, 0.1) is 12.2 Å². The van der Waals surface area contributed by atoms with Gasteiger partial charge in [-0.05, 0) is 32.3 Å². The molecule has 0 saturated heterocycles. The third-order valence-corrected chi connectivity index (χ3v) is 4.24. The Labute approximate surface area is 127 Å². The highest BCUT2D eigenvalue weighted by Gasteiger charge is 2.11. The molecule has 108 valence electrons. The van der Waals surface area contributed by atoms with Crippen LogP contribution < -0.4 is 5.32 Å². The van der Waals surface area contributed by atoms with Gasteiger partial charge in [-0.15, -0.1) is 11.3 Å². The summed E-state index contributed by atoms with van der Waals surface area (Å²) in [6, 6.07) is 2.26. The first-order valence-corrected chi connectivity index (χ1v) is 8.31. The van der Waals surface area contributed by atoms with Gasteiger partial charge in [-0.25, -0.2) is 4.98 Å². The number of thiazole rings is 1. The maximum Gasteiger partial charge on any atom is 0.234 e. The zero-order valence-corrected chi connectivity index (χ0v) is 13.6. The molecule has 2 rings (SSSR count). The molecule has 0 fully saturated rings. The van der Waals surface area contributed by atoms with Gasteiger partial charge < -0.3 is 5.32 Å². The first-order chi connectivity index (χ1) is 9.54. The predicted molar refractivity (Wildman–Crippen MR) is 85.0 cm³/mol. The summed E-state index contributed by atoms with van der Waals surface area (Å²) in [5.41, 5.74) is 2.18. The van der Waals surface area contributed by atoms with Crippen LogP contribution in [0.4, 0.5) is 0 Å². The van der Waals surface area contributed by atoms with E-state index in [9.17, 15) is 4.79 Å². The van der Waals surface area contributed by atoms with Crippen molar-refractivity contribution in [2.24, 2.45) is 0 Å². The standard InChI is InChI=1S/C14H19N3OS2/c1-10(2)15-13(18)7-17(3)6-12-9-20-14(16-12)11-4-5-19-8-11/h4-5,8-10H,6-7H2,1-3H3,(H,15,18). The van der Waals surface area contributed by atoms with Crippen molar-refractivity contribution in [1.29, 1.82) is 0 Å². The van der Waals surface area contributed by atoms with E-state index in [1.165, 1.54) is 5.56 Å². The van der Waals surface area contributed by atoms with Gasteiger partial charge in [0.15, 0.2) is 0 Å². The van der Waals surface area contributed by atoms with Gasteiger partial charge in [-0.2, -0.15) is 11.3 Å². The minimum absolute atomic E-state index is 0.0517. The van der Waals surface area contributed by atoms with E-state index in [4.69, 9.17) is 0 Å². The Kier molecular flexibility index (Phi) is 5.28. The topological polar surface area (TPSA) is 45.2 Å². The fourth-order valence-corrected chi connectivity index (χ4v) is 3.37. The summed E-state index contributed by atoms with van der Waals surface area (Å²) in [6.45, 7) is 5.01. The number of rotatable bonds is 6. The van der Waals surface area contributed by atoms with Crippen LogP contribution in [0.2, 0.25) is 0 Å². The number of likely N-dealkylation sites (N-methyl/N-ethyl adjacent to an activating group) is 1. The molecule has 0 spiro atoms. The van der Waals surface area contributed by atoms with Crippen molar-refractivity contribution in [2.45, 2.75) is 26.4 Å². The van der Waals surface area contributed by atoms with Gasteiger partial charge in [0.1, 0.15) is 5.01 Å². The molecule has 0 atom stereocenters. The number of carbonyl (C=O) groups is 1. The van der Waals surface area contributed by atoms with Crippen molar-refractivity contribution < 1.29 is 4.79 Å². The Morgan fingerprint density at radius 1 is 1.45 bits per heavy atom. The number of aromatic nitrogens is 1. The minimum Gasteiger partial charge on any atom is -0.353 e. The van der Waals surface area contributed by atoms with Crippen LogP contribution in [0.1, 0.15) is 19.5 Å². The fraction of sp³-hybridized carbons (Fsp3) is 0.429. The number of nitrogens with zero attached hydrogens (tertiary/aromatic N) is 2. The van der Waals surface area contributed by atoms with Crippen LogP contribution in [-0.2, 0) is 11.3 Å². The van der Waals surface area contributed by atoms with Crippen molar-refractivity contribution in [3.05, 3.63) is 27.9 Å². The highest BCUT2D eigenvalue weighted by molar-refractivity contribution is 7.14. The van der Waals surface area contributed by atoms with Crippen LogP contribution >= 0.6 is 22.7 Å². The van der Waals surface area contributed by atoms with Crippen LogP contribution in [0.15, 0.2) is 22.2 Å². The molecule has 0 radical (unpaired) electrons. The van der Waals surface area contributed by atoms with Crippen LogP contribution in [-0.4, -0.2) is 35.4 Å². The molecule has 0 aliphatic rings. The van der Waals surface area contributed by atoms with Gasteiger partial charge in [-0.3, -0.25) is 9.69 Å². The molecule has 0 unspecified atom stereocenters. The zero-order valence-electron chi connectivity index (χ0n) is 11.9. The highest BCUT2D eigenvalue weighted by Crippen LogP contribution is 2.25. The first-order valence-electron chi connectivity index (χ1n) is 6.49. The summed E-state index contributed by atoms with van der Waals surface area (Å²) in [7, 11) is 1.93. The summed E-state index contributed by atoms with van der Waals surface area (Å²) in [5, 5.41) is 10.1. The molecule has 0 aromatic carbocycles. The number of hydrogen-bond acceptors (Lipinski definition) is 5. The molecule has 0 saturated carbocycles. The lowest BCUT2D eigenvalue weighted by Gasteiger charge is -2.16. The quantitative estimate of drug-likeness (QED) is 0.892. The van der Waals surface area contributed by atoms with Crippen LogP contribution in [0.5, 0.6) is 0 Å². The second-order valence-corrected chi connectivity index (χ2v) is 6.69. The SMILES string of the molecule is CC(C)NC(=O)CN(C)Cc1csc(-c2ccsc2)n1. The van der Waals surface area contributed by atoms with Crippen molar-refractivity contribution in [1.82, 2.24) is 15.2 Å². The van der Waals surface area contributed by atoms with Gasteiger partial charge in [0, 0.05) is 28.9 Å².